The Kier molecular flexibility index (Phi) is 6.87. The number of benzene rings is 2. The third kappa shape index (κ3) is 4.62. The van der Waals surface area contributed by atoms with Gasteiger partial charge in [0.15, 0.2) is 5.65 Å². The van der Waals surface area contributed by atoms with Crippen LogP contribution in [0.25, 0.3) is 11.0 Å². The zero-order valence-corrected chi connectivity index (χ0v) is 19.8. The molecule has 1 amide bonds. The molecule has 1 unspecified atom stereocenters. The maximum absolute atomic E-state index is 12.8. The van der Waals surface area contributed by atoms with Crippen LogP contribution in [0.1, 0.15) is 27.5 Å². The lowest BCUT2D eigenvalue weighted by atomic mass is 10.1. The van der Waals surface area contributed by atoms with Crippen LogP contribution in [0.15, 0.2) is 54.9 Å². The minimum Gasteiger partial charge on any atom is -0.497 e. The Morgan fingerprint density at radius 2 is 2.00 bits per heavy atom. The zero-order valence-electron chi connectivity index (χ0n) is 18.3. The van der Waals surface area contributed by atoms with E-state index in [4.69, 9.17) is 32.7 Å². The molecule has 2 aromatic carbocycles. The minimum absolute atomic E-state index is 0.222. The van der Waals surface area contributed by atoms with Crippen LogP contribution in [0.5, 0.6) is 11.5 Å². The van der Waals surface area contributed by atoms with Crippen LogP contribution in [0.2, 0.25) is 10.0 Å². The highest BCUT2D eigenvalue weighted by molar-refractivity contribution is 6.42. The Labute approximate surface area is 205 Å². The SMILES string of the molecule is COc1ccc(Cn2ncc3cc(C(=O)NC(C#N)c4cccc(Cl)c4Cl)cnc32)c(OC)c1. The van der Waals surface area contributed by atoms with E-state index in [2.05, 4.69) is 15.4 Å². The van der Waals surface area contributed by atoms with Gasteiger partial charge in [0.25, 0.3) is 5.91 Å². The number of nitrogens with zero attached hydrogens (tertiary/aromatic N) is 4. The molecule has 0 saturated heterocycles. The number of ether oxygens (including phenoxy) is 2. The highest BCUT2D eigenvalue weighted by Gasteiger charge is 2.20. The number of carbonyl (C=O) groups is 1. The molecule has 0 aliphatic heterocycles. The van der Waals surface area contributed by atoms with E-state index in [1.54, 1.807) is 55.4 Å². The molecule has 4 rings (SSSR count). The fourth-order valence-corrected chi connectivity index (χ4v) is 3.91. The summed E-state index contributed by atoms with van der Waals surface area (Å²) in [6.45, 7) is 0.416. The molecule has 0 saturated carbocycles. The first-order valence-electron chi connectivity index (χ1n) is 10.1. The topological polar surface area (TPSA) is 102 Å². The quantitative estimate of drug-likeness (QED) is 0.395. The molecule has 0 fully saturated rings. The van der Waals surface area contributed by atoms with E-state index in [1.165, 1.54) is 6.20 Å². The first kappa shape index (κ1) is 23.4. The fourth-order valence-electron chi connectivity index (χ4n) is 3.49. The highest BCUT2D eigenvalue weighted by Crippen LogP contribution is 2.30. The summed E-state index contributed by atoms with van der Waals surface area (Å²) in [5.74, 6) is 0.886. The summed E-state index contributed by atoms with van der Waals surface area (Å²) >= 11 is 12.2. The molecule has 2 aromatic heterocycles. The normalized spacial score (nSPS) is 11.6. The summed E-state index contributed by atoms with van der Waals surface area (Å²) in [5.41, 5.74) is 2.20. The van der Waals surface area contributed by atoms with Crippen LogP contribution in [-0.4, -0.2) is 34.9 Å². The lowest BCUT2D eigenvalue weighted by Crippen LogP contribution is -2.28. The second-order valence-corrected chi connectivity index (χ2v) is 8.08. The van der Waals surface area contributed by atoms with Gasteiger partial charge in [0.1, 0.15) is 17.5 Å². The van der Waals surface area contributed by atoms with Crippen molar-refractivity contribution in [1.82, 2.24) is 20.1 Å². The molecule has 0 radical (unpaired) electrons. The van der Waals surface area contributed by atoms with Gasteiger partial charge in [-0.3, -0.25) is 4.79 Å². The molecule has 4 aromatic rings. The summed E-state index contributed by atoms with van der Waals surface area (Å²) in [7, 11) is 3.18. The van der Waals surface area contributed by atoms with Crippen molar-refractivity contribution in [3.63, 3.8) is 0 Å². The van der Waals surface area contributed by atoms with E-state index < -0.39 is 11.9 Å². The van der Waals surface area contributed by atoms with Crippen LogP contribution in [0.3, 0.4) is 0 Å². The summed E-state index contributed by atoms with van der Waals surface area (Å²) in [6, 6.07) is 13.2. The molecule has 0 spiro atoms. The Bertz CT molecular complexity index is 1410. The van der Waals surface area contributed by atoms with Crippen molar-refractivity contribution >= 4 is 40.1 Å². The Morgan fingerprint density at radius 3 is 2.74 bits per heavy atom. The predicted molar refractivity (Wildman–Crippen MR) is 128 cm³/mol. The average molecular weight is 496 g/mol. The third-order valence-corrected chi connectivity index (χ3v) is 6.08. The van der Waals surface area contributed by atoms with Gasteiger partial charge in [-0.2, -0.15) is 10.4 Å². The molecule has 1 N–H and O–H groups in total. The lowest BCUT2D eigenvalue weighted by Gasteiger charge is -2.14. The number of hydrogen-bond acceptors (Lipinski definition) is 6. The number of rotatable bonds is 7. The lowest BCUT2D eigenvalue weighted by molar-refractivity contribution is 0.0945. The van der Waals surface area contributed by atoms with Crippen LogP contribution >= 0.6 is 23.2 Å². The van der Waals surface area contributed by atoms with Crippen molar-refractivity contribution in [1.29, 1.82) is 5.26 Å². The number of methoxy groups -OCH3 is 2. The Morgan fingerprint density at radius 1 is 1.18 bits per heavy atom. The summed E-state index contributed by atoms with van der Waals surface area (Å²) < 4.78 is 12.4. The van der Waals surface area contributed by atoms with E-state index in [9.17, 15) is 10.1 Å². The Hall–Kier alpha value is -3.80. The number of nitrogens with one attached hydrogen (secondary N) is 1. The van der Waals surface area contributed by atoms with Gasteiger partial charge in [-0.05, 0) is 24.3 Å². The van der Waals surface area contributed by atoms with E-state index >= 15 is 0 Å². The van der Waals surface area contributed by atoms with Gasteiger partial charge in [-0.15, -0.1) is 0 Å². The summed E-state index contributed by atoms with van der Waals surface area (Å²) in [6.07, 6.45) is 3.07. The van der Waals surface area contributed by atoms with Crippen molar-refractivity contribution in [2.24, 2.45) is 0 Å². The molecule has 172 valence electrons. The number of nitriles is 1. The highest BCUT2D eigenvalue weighted by atomic mass is 35.5. The van der Waals surface area contributed by atoms with Gasteiger partial charge >= 0.3 is 0 Å². The molecule has 0 aliphatic rings. The monoisotopic (exact) mass is 495 g/mol. The van der Waals surface area contributed by atoms with E-state index in [0.29, 0.717) is 39.7 Å². The van der Waals surface area contributed by atoms with Gasteiger partial charge in [0.05, 0.1) is 48.6 Å². The first-order chi connectivity index (χ1) is 16.4. The van der Waals surface area contributed by atoms with Gasteiger partial charge in [-0.25, -0.2) is 9.67 Å². The molecule has 2 heterocycles. The molecular formula is C24H19Cl2N5O3. The minimum atomic E-state index is -0.973. The maximum Gasteiger partial charge on any atom is 0.254 e. The van der Waals surface area contributed by atoms with Crippen molar-refractivity contribution in [2.75, 3.05) is 14.2 Å². The van der Waals surface area contributed by atoms with E-state index in [-0.39, 0.29) is 10.6 Å². The van der Waals surface area contributed by atoms with Gasteiger partial charge in [0, 0.05) is 28.8 Å². The van der Waals surface area contributed by atoms with E-state index in [1.807, 2.05) is 18.2 Å². The first-order valence-corrected chi connectivity index (χ1v) is 10.9. The summed E-state index contributed by atoms with van der Waals surface area (Å²) in [5, 5.41) is 17.8. The van der Waals surface area contributed by atoms with Crippen LogP contribution in [0.4, 0.5) is 0 Å². The molecule has 0 bridgehead atoms. The van der Waals surface area contributed by atoms with E-state index in [0.717, 1.165) is 5.56 Å². The Balaban J connectivity index is 1.56. The molecule has 0 aliphatic carbocycles. The number of fused-ring (bicyclic) bond motifs is 1. The maximum atomic E-state index is 12.8. The smallest absolute Gasteiger partial charge is 0.254 e. The van der Waals surface area contributed by atoms with Crippen molar-refractivity contribution in [3.05, 3.63) is 81.6 Å². The predicted octanol–water partition coefficient (Wildman–Crippen LogP) is 4.80. The number of pyridine rings is 1. The zero-order chi connectivity index (χ0) is 24.2. The molecule has 8 nitrogen and oxygen atoms in total. The van der Waals surface area contributed by atoms with Gasteiger partial charge < -0.3 is 14.8 Å². The standard InChI is InChI=1S/C24H19Cl2N5O3/c1-33-17-7-6-14(21(9-17)34-2)13-31-23-15(12-29-31)8-16(11-28-23)24(32)30-20(10-27)18-4-3-5-19(25)22(18)26/h3-9,11-12,20H,13H2,1-2H3,(H,30,32). The van der Waals surface area contributed by atoms with Crippen LogP contribution < -0.4 is 14.8 Å². The van der Waals surface area contributed by atoms with Crippen LogP contribution in [-0.2, 0) is 6.54 Å². The second-order valence-electron chi connectivity index (χ2n) is 7.30. The molecule has 1 atom stereocenters. The van der Waals surface area contributed by atoms with Gasteiger partial charge in [0.2, 0.25) is 0 Å². The number of halogens is 2. The summed E-state index contributed by atoms with van der Waals surface area (Å²) in [4.78, 5) is 17.3. The number of amides is 1. The number of hydrogen-bond donors (Lipinski definition) is 1. The largest absolute Gasteiger partial charge is 0.497 e. The number of carbonyl (C=O) groups excluding carboxylic acids is 1. The molecule has 10 heteroatoms. The van der Waals surface area contributed by atoms with Crippen molar-refractivity contribution in [2.45, 2.75) is 12.6 Å². The molecule has 34 heavy (non-hydrogen) atoms. The molecular weight excluding hydrogens is 477 g/mol. The number of aromatic nitrogens is 3. The van der Waals surface area contributed by atoms with Crippen molar-refractivity contribution < 1.29 is 14.3 Å². The third-order valence-electron chi connectivity index (χ3n) is 5.25. The van der Waals surface area contributed by atoms with Crippen LogP contribution in [0, 0.1) is 11.3 Å². The fraction of sp³-hybridized carbons (Fsp3) is 0.167. The van der Waals surface area contributed by atoms with Crippen molar-refractivity contribution in [3.8, 4) is 17.6 Å². The van der Waals surface area contributed by atoms with Gasteiger partial charge in [-0.1, -0.05) is 35.3 Å². The second kappa shape index (κ2) is 10.00. The average Bonchev–Trinajstić information content (AvgIpc) is 3.26.